The van der Waals surface area contributed by atoms with Gasteiger partial charge in [-0.05, 0) is 43.7 Å². The summed E-state index contributed by atoms with van der Waals surface area (Å²) in [6.07, 6.45) is 3.89. The van der Waals surface area contributed by atoms with Gasteiger partial charge in [-0.1, -0.05) is 20.8 Å². The van der Waals surface area contributed by atoms with Crippen molar-refractivity contribution < 1.29 is 4.79 Å². The Morgan fingerprint density at radius 2 is 2.12 bits per heavy atom. The van der Waals surface area contributed by atoms with Crippen LogP contribution in [0, 0.1) is 16.7 Å². The van der Waals surface area contributed by atoms with Gasteiger partial charge in [0.15, 0.2) is 0 Å². The fraction of sp³-hybridized carbons (Fsp3) is 0.650. The van der Waals surface area contributed by atoms with Crippen LogP contribution in [0.3, 0.4) is 0 Å². The fourth-order valence-corrected chi connectivity index (χ4v) is 4.18. The number of nitriles is 1. The normalized spacial score (nSPS) is 23.6. The zero-order chi connectivity index (χ0) is 18.0. The molecule has 25 heavy (non-hydrogen) atoms. The summed E-state index contributed by atoms with van der Waals surface area (Å²) in [6, 6.07) is 6.08. The number of amides is 1. The molecular formula is C20H28N4O. The third kappa shape index (κ3) is 3.22. The van der Waals surface area contributed by atoms with Crippen molar-refractivity contribution in [3.8, 4) is 6.07 Å². The molecule has 1 aromatic rings. The van der Waals surface area contributed by atoms with Gasteiger partial charge in [0.05, 0.1) is 11.0 Å². The van der Waals surface area contributed by atoms with E-state index in [0.29, 0.717) is 23.9 Å². The van der Waals surface area contributed by atoms with Crippen molar-refractivity contribution in [2.24, 2.45) is 5.41 Å². The molecule has 0 radical (unpaired) electrons. The van der Waals surface area contributed by atoms with Crippen molar-refractivity contribution in [2.75, 3.05) is 31.1 Å². The Balaban J connectivity index is 1.86. The molecule has 134 valence electrons. The minimum atomic E-state index is -0.282. The van der Waals surface area contributed by atoms with Crippen LogP contribution in [0.4, 0.5) is 5.82 Å². The number of hydrogen-bond acceptors (Lipinski definition) is 4. The van der Waals surface area contributed by atoms with E-state index in [1.165, 1.54) is 0 Å². The minimum absolute atomic E-state index is 0.282. The van der Waals surface area contributed by atoms with Gasteiger partial charge in [0.25, 0.3) is 0 Å². The second-order valence-electron chi connectivity index (χ2n) is 7.72. The van der Waals surface area contributed by atoms with Crippen LogP contribution in [0.25, 0.3) is 0 Å². The number of nitrogens with zero attached hydrogens (tertiary/aromatic N) is 4. The first kappa shape index (κ1) is 17.7. The summed E-state index contributed by atoms with van der Waals surface area (Å²) < 4.78 is 0. The van der Waals surface area contributed by atoms with Gasteiger partial charge in [-0.3, -0.25) is 4.79 Å². The van der Waals surface area contributed by atoms with E-state index in [9.17, 15) is 10.1 Å². The van der Waals surface area contributed by atoms with Gasteiger partial charge >= 0.3 is 0 Å². The van der Waals surface area contributed by atoms with Crippen LogP contribution in [-0.2, 0) is 4.79 Å². The van der Waals surface area contributed by atoms with E-state index in [1.54, 1.807) is 0 Å². The monoisotopic (exact) mass is 340 g/mol. The Morgan fingerprint density at radius 3 is 2.80 bits per heavy atom. The van der Waals surface area contributed by atoms with Crippen molar-refractivity contribution in [1.29, 1.82) is 5.26 Å². The summed E-state index contributed by atoms with van der Waals surface area (Å²) in [5.74, 6) is 1.38. The Labute approximate surface area is 150 Å². The number of aromatic nitrogens is 1. The number of piperidine rings is 1. The van der Waals surface area contributed by atoms with Crippen molar-refractivity contribution in [3.63, 3.8) is 0 Å². The first-order chi connectivity index (χ1) is 12.0. The quantitative estimate of drug-likeness (QED) is 0.844. The van der Waals surface area contributed by atoms with Gasteiger partial charge in [0.1, 0.15) is 11.9 Å². The Hall–Kier alpha value is -2.09. The van der Waals surface area contributed by atoms with Gasteiger partial charge in [0, 0.05) is 31.9 Å². The van der Waals surface area contributed by atoms with E-state index in [-0.39, 0.29) is 5.41 Å². The van der Waals surface area contributed by atoms with Gasteiger partial charge in [-0.2, -0.15) is 5.26 Å². The summed E-state index contributed by atoms with van der Waals surface area (Å²) in [7, 11) is 0. The second-order valence-corrected chi connectivity index (χ2v) is 7.72. The lowest BCUT2D eigenvalue weighted by molar-refractivity contribution is -0.145. The largest absolute Gasteiger partial charge is 0.354 e. The number of likely N-dealkylation sites (tertiary alicyclic amines) is 1. The summed E-state index contributed by atoms with van der Waals surface area (Å²) in [6.45, 7) is 9.57. The van der Waals surface area contributed by atoms with Crippen molar-refractivity contribution in [1.82, 2.24) is 9.88 Å². The molecule has 5 heteroatoms. The van der Waals surface area contributed by atoms with Gasteiger partial charge in [-0.25, -0.2) is 4.98 Å². The Morgan fingerprint density at radius 1 is 1.32 bits per heavy atom. The van der Waals surface area contributed by atoms with Crippen LogP contribution in [0.2, 0.25) is 0 Å². The number of carbonyl (C=O) groups is 1. The number of rotatable bonds is 4. The maximum atomic E-state index is 13.1. The number of anilines is 1. The highest BCUT2D eigenvalue weighted by molar-refractivity contribution is 5.85. The van der Waals surface area contributed by atoms with Crippen LogP contribution < -0.4 is 4.90 Å². The molecule has 0 unspecified atom stereocenters. The van der Waals surface area contributed by atoms with Gasteiger partial charge in [0.2, 0.25) is 5.91 Å². The highest BCUT2D eigenvalue weighted by Gasteiger charge is 2.48. The zero-order valence-electron chi connectivity index (χ0n) is 15.6. The average Bonchev–Trinajstić information content (AvgIpc) is 3.03. The molecule has 0 saturated carbocycles. The molecule has 0 aliphatic carbocycles. The molecule has 0 bridgehead atoms. The highest BCUT2D eigenvalue weighted by atomic mass is 16.2. The first-order valence-corrected chi connectivity index (χ1v) is 9.46. The number of pyridine rings is 1. The van der Waals surface area contributed by atoms with E-state index in [1.807, 2.05) is 17.0 Å². The Bertz CT molecular complexity index is 691. The zero-order valence-corrected chi connectivity index (χ0v) is 15.6. The molecule has 2 fully saturated rings. The van der Waals surface area contributed by atoms with Crippen LogP contribution >= 0.6 is 0 Å². The minimum Gasteiger partial charge on any atom is -0.354 e. The SMILES string of the molecule is CCCN1CCC[C@@]2(CCN(c3nc(C(C)C)ccc3C#N)C2)C1=O. The third-order valence-electron chi connectivity index (χ3n) is 5.58. The summed E-state index contributed by atoms with van der Waals surface area (Å²) in [5.41, 5.74) is 1.32. The molecule has 2 aliphatic heterocycles. The first-order valence-electron chi connectivity index (χ1n) is 9.46. The molecule has 0 N–H and O–H groups in total. The predicted molar refractivity (Wildman–Crippen MR) is 98.4 cm³/mol. The maximum absolute atomic E-state index is 13.1. The summed E-state index contributed by atoms with van der Waals surface area (Å²) in [5, 5.41) is 9.48. The lowest BCUT2D eigenvalue weighted by Gasteiger charge is -2.39. The molecular weight excluding hydrogens is 312 g/mol. The lowest BCUT2D eigenvalue weighted by atomic mass is 9.78. The van der Waals surface area contributed by atoms with Crippen LogP contribution in [0.15, 0.2) is 12.1 Å². The standard InChI is InChI=1S/C20H28N4O/c1-4-10-23-11-5-8-20(19(23)25)9-12-24(14-20)18-16(13-21)6-7-17(22-18)15(2)3/h6-7,15H,4-5,8-12,14H2,1-3H3/t20-/m0/s1. The molecule has 0 aromatic carbocycles. The second kappa shape index (κ2) is 7.03. The molecule has 2 saturated heterocycles. The molecule has 2 aliphatic rings. The smallest absolute Gasteiger partial charge is 0.230 e. The third-order valence-corrected chi connectivity index (χ3v) is 5.58. The fourth-order valence-electron chi connectivity index (χ4n) is 4.18. The van der Waals surface area contributed by atoms with E-state index in [2.05, 4.69) is 31.7 Å². The molecule has 1 aromatic heterocycles. The van der Waals surface area contributed by atoms with Crippen molar-refractivity contribution in [2.45, 2.75) is 52.4 Å². The number of carbonyl (C=O) groups excluding carboxylic acids is 1. The molecule has 1 amide bonds. The van der Waals surface area contributed by atoms with E-state index < -0.39 is 0 Å². The van der Waals surface area contributed by atoms with E-state index >= 15 is 0 Å². The van der Waals surface area contributed by atoms with Crippen LogP contribution in [0.5, 0.6) is 0 Å². The highest BCUT2D eigenvalue weighted by Crippen LogP contribution is 2.42. The van der Waals surface area contributed by atoms with Gasteiger partial charge in [-0.15, -0.1) is 0 Å². The molecule has 5 nitrogen and oxygen atoms in total. The predicted octanol–water partition coefficient (Wildman–Crippen LogP) is 3.31. The number of hydrogen-bond donors (Lipinski definition) is 0. The van der Waals surface area contributed by atoms with Crippen LogP contribution in [-0.4, -0.2) is 42.0 Å². The van der Waals surface area contributed by atoms with Crippen LogP contribution in [0.1, 0.15) is 63.6 Å². The van der Waals surface area contributed by atoms with E-state index in [0.717, 1.165) is 56.8 Å². The summed E-state index contributed by atoms with van der Waals surface area (Å²) >= 11 is 0. The summed E-state index contributed by atoms with van der Waals surface area (Å²) in [4.78, 5) is 22.0. The van der Waals surface area contributed by atoms with Gasteiger partial charge < -0.3 is 9.80 Å². The lowest BCUT2D eigenvalue weighted by Crippen LogP contribution is -2.50. The van der Waals surface area contributed by atoms with E-state index in [4.69, 9.17) is 4.98 Å². The molecule has 1 atom stereocenters. The molecule has 3 heterocycles. The Kier molecular flexibility index (Phi) is 4.99. The van der Waals surface area contributed by atoms with Crippen molar-refractivity contribution in [3.05, 3.63) is 23.4 Å². The average molecular weight is 340 g/mol. The van der Waals surface area contributed by atoms with Crippen molar-refractivity contribution >= 4 is 11.7 Å². The molecule has 1 spiro atoms. The maximum Gasteiger partial charge on any atom is 0.230 e. The topological polar surface area (TPSA) is 60.2 Å². The molecule has 3 rings (SSSR count).